The van der Waals surface area contributed by atoms with Gasteiger partial charge < -0.3 is 5.32 Å². The van der Waals surface area contributed by atoms with Gasteiger partial charge in [0.1, 0.15) is 0 Å². The van der Waals surface area contributed by atoms with Crippen molar-refractivity contribution in [1.82, 2.24) is 10.2 Å². The number of piperidine rings is 1. The minimum atomic E-state index is 0.652. The number of hydrogen-bond acceptors (Lipinski definition) is 2. The maximum Gasteiger partial charge on any atom is 0.0165 e. The second-order valence-electron chi connectivity index (χ2n) is 6.55. The Morgan fingerprint density at radius 3 is 2.47 bits per heavy atom. The molecule has 1 N–H and O–H groups in total. The molecular weight excluding hydrogens is 208 g/mol. The van der Waals surface area contributed by atoms with E-state index in [9.17, 15) is 0 Å². The summed E-state index contributed by atoms with van der Waals surface area (Å²) in [5.74, 6) is 0. The monoisotopic (exact) mass is 236 g/mol. The SMILES string of the molecule is CC(C)=CCN1CCC(NCC2(C)CC2)CC1. The summed E-state index contributed by atoms with van der Waals surface area (Å²) in [6.07, 6.45) is 7.86. The maximum absolute atomic E-state index is 3.77. The summed E-state index contributed by atoms with van der Waals surface area (Å²) in [4.78, 5) is 2.57. The average molecular weight is 236 g/mol. The molecule has 1 aliphatic carbocycles. The molecule has 2 rings (SSSR count). The molecule has 0 radical (unpaired) electrons. The van der Waals surface area contributed by atoms with Gasteiger partial charge in [0.2, 0.25) is 0 Å². The molecule has 0 unspecified atom stereocenters. The quantitative estimate of drug-likeness (QED) is 0.738. The summed E-state index contributed by atoms with van der Waals surface area (Å²) in [5, 5.41) is 3.77. The molecule has 1 saturated heterocycles. The van der Waals surface area contributed by atoms with Crippen LogP contribution < -0.4 is 5.32 Å². The zero-order chi connectivity index (χ0) is 12.3. The number of nitrogens with zero attached hydrogens (tertiary/aromatic N) is 1. The Kier molecular flexibility index (Phi) is 4.26. The van der Waals surface area contributed by atoms with Crippen molar-refractivity contribution >= 4 is 0 Å². The van der Waals surface area contributed by atoms with Crippen molar-refractivity contribution in [1.29, 1.82) is 0 Å². The van der Waals surface area contributed by atoms with Crippen molar-refractivity contribution in [2.75, 3.05) is 26.2 Å². The average Bonchev–Trinajstić information content (AvgIpc) is 3.04. The lowest BCUT2D eigenvalue weighted by Gasteiger charge is -2.32. The van der Waals surface area contributed by atoms with E-state index in [1.165, 1.54) is 50.9 Å². The fourth-order valence-electron chi connectivity index (χ4n) is 2.41. The van der Waals surface area contributed by atoms with Gasteiger partial charge in [-0.1, -0.05) is 18.6 Å². The van der Waals surface area contributed by atoms with Crippen LogP contribution in [0.2, 0.25) is 0 Å². The van der Waals surface area contributed by atoms with Gasteiger partial charge in [0, 0.05) is 19.1 Å². The van der Waals surface area contributed by atoms with Gasteiger partial charge in [-0.3, -0.25) is 4.90 Å². The first kappa shape index (κ1) is 13.1. The van der Waals surface area contributed by atoms with Gasteiger partial charge in [-0.25, -0.2) is 0 Å². The molecule has 0 bridgehead atoms. The summed E-state index contributed by atoms with van der Waals surface area (Å²) >= 11 is 0. The zero-order valence-corrected chi connectivity index (χ0v) is 11.8. The van der Waals surface area contributed by atoms with Crippen molar-refractivity contribution in [2.45, 2.75) is 52.5 Å². The van der Waals surface area contributed by atoms with E-state index in [2.05, 4.69) is 37.1 Å². The van der Waals surface area contributed by atoms with E-state index in [1.807, 2.05) is 0 Å². The van der Waals surface area contributed by atoms with Gasteiger partial charge >= 0.3 is 0 Å². The van der Waals surface area contributed by atoms with Gasteiger partial charge in [-0.05, 0) is 58.0 Å². The molecule has 17 heavy (non-hydrogen) atoms. The second kappa shape index (κ2) is 5.53. The Hall–Kier alpha value is -0.340. The number of nitrogens with one attached hydrogen (secondary N) is 1. The molecule has 0 atom stereocenters. The predicted molar refractivity (Wildman–Crippen MR) is 74.2 cm³/mol. The fraction of sp³-hybridized carbons (Fsp3) is 0.867. The van der Waals surface area contributed by atoms with E-state index >= 15 is 0 Å². The number of allylic oxidation sites excluding steroid dienone is 1. The van der Waals surface area contributed by atoms with Crippen LogP contribution in [0.15, 0.2) is 11.6 Å². The summed E-state index contributed by atoms with van der Waals surface area (Å²) in [6.45, 7) is 11.7. The van der Waals surface area contributed by atoms with Crippen molar-refractivity contribution in [3.05, 3.63) is 11.6 Å². The summed E-state index contributed by atoms with van der Waals surface area (Å²) in [5.41, 5.74) is 2.09. The van der Waals surface area contributed by atoms with Crippen LogP contribution in [0.4, 0.5) is 0 Å². The molecule has 2 aliphatic rings. The van der Waals surface area contributed by atoms with E-state index in [0.717, 1.165) is 12.6 Å². The molecule has 1 saturated carbocycles. The van der Waals surface area contributed by atoms with Crippen LogP contribution >= 0.6 is 0 Å². The van der Waals surface area contributed by atoms with Crippen LogP contribution in [0.25, 0.3) is 0 Å². The summed E-state index contributed by atoms with van der Waals surface area (Å²) < 4.78 is 0. The van der Waals surface area contributed by atoms with Crippen molar-refractivity contribution < 1.29 is 0 Å². The second-order valence-corrected chi connectivity index (χ2v) is 6.55. The van der Waals surface area contributed by atoms with Gasteiger partial charge in [0.25, 0.3) is 0 Å². The lowest BCUT2D eigenvalue weighted by atomic mass is 10.0. The Bertz CT molecular complexity index is 267. The van der Waals surface area contributed by atoms with Crippen molar-refractivity contribution in [3.63, 3.8) is 0 Å². The number of likely N-dealkylation sites (tertiary alicyclic amines) is 1. The molecule has 0 aromatic carbocycles. The molecule has 1 heterocycles. The predicted octanol–water partition coefficient (Wildman–Crippen LogP) is 2.81. The highest BCUT2D eigenvalue weighted by molar-refractivity contribution is 4.96. The number of rotatable bonds is 5. The first-order chi connectivity index (χ1) is 8.07. The summed E-state index contributed by atoms with van der Waals surface area (Å²) in [6, 6.07) is 0.773. The first-order valence-corrected chi connectivity index (χ1v) is 7.16. The van der Waals surface area contributed by atoms with Crippen LogP contribution in [0.5, 0.6) is 0 Å². The van der Waals surface area contributed by atoms with E-state index in [4.69, 9.17) is 0 Å². The molecule has 1 aliphatic heterocycles. The third kappa shape index (κ3) is 4.44. The Labute approximate surface area is 106 Å². The van der Waals surface area contributed by atoms with Gasteiger partial charge in [-0.15, -0.1) is 0 Å². The van der Waals surface area contributed by atoms with Crippen molar-refractivity contribution in [3.8, 4) is 0 Å². The minimum absolute atomic E-state index is 0.652. The summed E-state index contributed by atoms with van der Waals surface area (Å²) in [7, 11) is 0. The van der Waals surface area contributed by atoms with Crippen LogP contribution in [0, 0.1) is 5.41 Å². The molecule has 0 aromatic heterocycles. The standard InChI is InChI=1S/C15H28N2/c1-13(2)4-9-17-10-5-14(6-11-17)16-12-15(3)7-8-15/h4,14,16H,5-12H2,1-3H3. The third-order valence-corrected chi connectivity index (χ3v) is 4.27. The third-order valence-electron chi connectivity index (χ3n) is 4.27. The van der Waals surface area contributed by atoms with Crippen LogP contribution in [-0.4, -0.2) is 37.1 Å². The van der Waals surface area contributed by atoms with Gasteiger partial charge in [0.05, 0.1) is 0 Å². The minimum Gasteiger partial charge on any atom is -0.313 e. The molecule has 2 fully saturated rings. The molecule has 0 spiro atoms. The number of hydrogen-bond donors (Lipinski definition) is 1. The molecule has 2 nitrogen and oxygen atoms in total. The molecule has 0 amide bonds. The normalized spacial score (nSPS) is 24.6. The lowest BCUT2D eigenvalue weighted by Crippen LogP contribution is -2.43. The fourth-order valence-corrected chi connectivity index (χ4v) is 2.41. The van der Waals surface area contributed by atoms with Crippen LogP contribution in [0.1, 0.15) is 46.5 Å². The van der Waals surface area contributed by atoms with E-state index in [1.54, 1.807) is 0 Å². The Balaban J connectivity index is 1.62. The van der Waals surface area contributed by atoms with E-state index in [-0.39, 0.29) is 0 Å². The van der Waals surface area contributed by atoms with Gasteiger partial charge in [-0.2, -0.15) is 0 Å². The van der Waals surface area contributed by atoms with Gasteiger partial charge in [0.15, 0.2) is 0 Å². The van der Waals surface area contributed by atoms with Crippen LogP contribution in [-0.2, 0) is 0 Å². The Morgan fingerprint density at radius 2 is 1.94 bits per heavy atom. The highest BCUT2D eigenvalue weighted by Gasteiger charge is 2.37. The Morgan fingerprint density at radius 1 is 1.29 bits per heavy atom. The highest BCUT2D eigenvalue weighted by Crippen LogP contribution is 2.44. The largest absolute Gasteiger partial charge is 0.313 e. The zero-order valence-electron chi connectivity index (χ0n) is 11.8. The smallest absolute Gasteiger partial charge is 0.0165 e. The molecule has 98 valence electrons. The first-order valence-electron chi connectivity index (χ1n) is 7.16. The van der Waals surface area contributed by atoms with Crippen LogP contribution in [0.3, 0.4) is 0 Å². The van der Waals surface area contributed by atoms with E-state index < -0.39 is 0 Å². The molecule has 0 aromatic rings. The van der Waals surface area contributed by atoms with Crippen molar-refractivity contribution in [2.24, 2.45) is 5.41 Å². The highest BCUT2D eigenvalue weighted by atomic mass is 15.1. The van der Waals surface area contributed by atoms with E-state index in [0.29, 0.717) is 5.41 Å². The molecular formula is C15H28N2. The molecule has 2 heteroatoms. The maximum atomic E-state index is 3.77. The lowest BCUT2D eigenvalue weighted by molar-refractivity contribution is 0.210. The topological polar surface area (TPSA) is 15.3 Å².